The zero-order chi connectivity index (χ0) is 59.9. The highest BCUT2D eigenvalue weighted by Crippen LogP contribution is 2.51. The third-order valence-electron chi connectivity index (χ3n) is 16.5. The summed E-state index contributed by atoms with van der Waals surface area (Å²) < 4.78 is 64.2. The van der Waals surface area contributed by atoms with Gasteiger partial charge in [0.1, 0.15) is 65.5 Å². The van der Waals surface area contributed by atoms with E-state index in [9.17, 15) is 14.4 Å². The van der Waals surface area contributed by atoms with Crippen molar-refractivity contribution in [3.05, 3.63) is 135 Å². The molecule has 0 radical (unpaired) electrons. The standard InChI is InChI=1S/C66H67I6O12S/c1-4-65(22-8-9-23-65)83-59(74)38-80-62-41(26-44(67)30-54(62)71)34-76-47-12-16-50(17-13-47)85-56-18-14-48(77-35-42-27-45(68)29-53(70)61(42)79-37-58(73)82-40-64(3)20-6-7-21-64)32-51(56)52-33-49(15-19-57(52)85)78-36-43-28-46(69)31-55(72)63(43)81-39-60(75)84-66(5-2)24-10-11-25-66/h12-19,26-33H,4-11,20-25,34-40H2,1-3H3/q+1. The molecule has 0 saturated heterocycles. The molecule has 0 aliphatic heterocycles. The molecule has 1 unspecified atom stereocenters. The molecule has 0 amide bonds. The number of fused-ring (bicyclic) bond motifs is 3. The lowest BCUT2D eigenvalue weighted by molar-refractivity contribution is -0.163. The number of esters is 3. The van der Waals surface area contributed by atoms with Gasteiger partial charge < -0.3 is 42.6 Å². The summed E-state index contributed by atoms with van der Waals surface area (Å²) in [4.78, 5) is 40.4. The summed E-state index contributed by atoms with van der Waals surface area (Å²) in [6.07, 6.45) is 13.9. The molecule has 0 bridgehead atoms. The molecule has 3 aliphatic carbocycles. The molecule has 3 fully saturated rings. The minimum Gasteiger partial charge on any atom is -0.489 e. The minimum atomic E-state index is -0.518. The Bertz CT molecular complexity index is 3570. The second kappa shape index (κ2) is 29.4. The van der Waals surface area contributed by atoms with E-state index in [-0.39, 0.29) is 68.6 Å². The largest absolute Gasteiger partial charge is 0.489 e. The minimum absolute atomic E-state index is 0.0277. The smallest absolute Gasteiger partial charge is 0.344 e. The number of rotatable bonds is 25. The SMILES string of the molecule is CCC1(OC(=O)COc2c(I)cc(I)cc2COc2ccc(-[s+]3c4ccc(OCc5cc(I)cc(I)c5OCC(=O)OCC5(C)CCCC5)cc4c4cc(OCc5cc(I)cc(I)c5OCC(=O)OC5(CC)CCCC5)ccc43)cc2)CCCC1. The van der Waals surface area contributed by atoms with Crippen molar-refractivity contribution in [3.8, 4) is 39.4 Å². The van der Waals surface area contributed by atoms with E-state index in [1.165, 1.54) is 0 Å². The van der Waals surface area contributed by atoms with Crippen LogP contribution in [0.2, 0.25) is 0 Å². The van der Waals surface area contributed by atoms with Crippen LogP contribution in [-0.2, 0) is 48.4 Å². The monoisotopic (exact) mass is 1840 g/mol. The van der Waals surface area contributed by atoms with E-state index in [0.717, 1.165) is 153 Å². The maximum absolute atomic E-state index is 13.2. The molecular formula is C66H67I6O12S+. The molecule has 1 aromatic heterocycles. The number of carbonyl (C=O) groups is 3. The van der Waals surface area contributed by atoms with Crippen molar-refractivity contribution in [2.45, 2.75) is 142 Å². The first-order valence-electron chi connectivity index (χ1n) is 28.9. The molecule has 450 valence electrons. The van der Waals surface area contributed by atoms with Crippen LogP contribution in [0.15, 0.2) is 97.1 Å². The Labute approximate surface area is 582 Å². The van der Waals surface area contributed by atoms with Crippen molar-refractivity contribution in [1.82, 2.24) is 0 Å². The first kappa shape index (κ1) is 65.1. The molecule has 12 nitrogen and oxygen atoms in total. The predicted octanol–water partition coefficient (Wildman–Crippen LogP) is 18.9. The molecule has 19 heteroatoms. The van der Waals surface area contributed by atoms with E-state index in [0.29, 0.717) is 41.1 Å². The Morgan fingerprint density at radius 1 is 0.447 bits per heavy atom. The average Bonchev–Trinajstić information content (AvgIpc) is 3.41. The molecule has 3 aliphatic rings. The van der Waals surface area contributed by atoms with Gasteiger partial charge in [-0.2, -0.15) is 0 Å². The first-order chi connectivity index (χ1) is 40.9. The Morgan fingerprint density at radius 2 is 0.812 bits per heavy atom. The van der Waals surface area contributed by atoms with Crippen molar-refractivity contribution in [3.63, 3.8) is 0 Å². The predicted molar refractivity (Wildman–Crippen MR) is 383 cm³/mol. The van der Waals surface area contributed by atoms with E-state index >= 15 is 0 Å². The molecule has 0 N–H and O–H groups in total. The highest BCUT2D eigenvalue weighted by atomic mass is 127. The van der Waals surface area contributed by atoms with E-state index < -0.39 is 16.1 Å². The van der Waals surface area contributed by atoms with E-state index in [1.807, 2.05) is 60.7 Å². The molecule has 0 spiro atoms. The van der Waals surface area contributed by atoms with Crippen molar-refractivity contribution >= 4 is 184 Å². The second-order valence-electron chi connectivity index (χ2n) is 22.6. The summed E-state index contributed by atoms with van der Waals surface area (Å²) in [5.41, 5.74) is 1.72. The number of benzene rings is 6. The fraction of sp³-hybridized carbons (Fsp3) is 0.409. The van der Waals surface area contributed by atoms with Gasteiger partial charge in [-0.25, -0.2) is 14.4 Å². The number of hydrogen-bond donors (Lipinski definition) is 0. The molecule has 85 heavy (non-hydrogen) atoms. The number of ether oxygens (including phenoxy) is 9. The van der Waals surface area contributed by atoms with Crippen LogP contribution in [0.1, 0.15) is 127 Å². The van der Waals surface area contributed by atoms with Crippen LogP contribution in [0.25, 0.3) is 25.1 Å². The molecule has 6 aromatic carbocycles. The number of halogens is 6. The van der Waals surface area contributed by atoms with Gasteiger partial charge in [-0.15, -0.1) is 0 Å². The lowest BCUT2D eigenvalue weighted by atomic mass is 9.90. The summed E-state index contributed by atoms with van der Waals surface area (Å²) >= 11 is 13.7. The van der Waals surface area contributed by atoms with Gasteiger partial charge in [-0.1, -0.05) is 33.6 Å². The molecular weight excluding hydrogens is 1780 g/mol. The highest BCUT2D eigenvalue weighted by Gasteiger charge is 2.38. The quantitative estimate of drug-likeness (QED) is 0.0233. The Kier molecular flexibility index (Phi) is 22.5. The molecule has 10 rings (SSSR count). The molecule has 1 heterocycles. The van der Waals surface area contributed by atoms with Gasteiger partial charge in [0.05, 0.1) is 28.1 Å². The van der Waals surface area contributed by atoms with Crippen LogP contribution in [-0.4, -0.2) is 55.5 Å². The third kappa shape index (κ3) is 16.4. The van der Waals surface area contributed by atoms with Crippen LogP contribution in [0.3, 0.4) is 0 Å². The average molecular weight is 1850 g/mol. The molecule has 7 aromatic rings. The summed E-state index contributed by atoms with van der Waals surface area (Å²) in [5, 5.41) is 2.04. The van der Waals surface area contributed by atoms with Gasteiger partial charge in [-0.3, -0.25) is 0 Å². The molecule has 1 atom stereocenters. The topological polar surface area (TPSA) is 134 Å². The Hall–Kier alpha value is -2.87. The van der Waals surface area contributed by atoms with Gasteiger partial charge in [-0.05, 0) is 285 Å². The lowest BCUT2D eigenvalue weighted by Gasteiger charge is -2.27. The number of carbonyl (C=O) groups excluding carboxylic acids is 3. The van der Waals surface area contributed by atoms with Crippen LogP contribution in [0.5, 0.6) is 34.5 Å². The third-order valence-corrected chi connectivity index (χ3v) is 23.1. The highest BCUT2D eigenvalue weighted by molar-refractivity contribution is 14.1. The maximum atomic E-state index is 13.2. The van der Waals surface area contributed by atoms with E-state index in [2.05, 4.69) is 193 Å². The van der Waals surface area contributed by atoms with Crippen LogP contribution in [0.4, 0.5) is 0 Å². The van der Waals surface area contributed by atoms with Crippen molar-refractivity contribution in [1.29, 1.82) is 0 Å². The van der Waals surface area contributed by atoms with Gasteiger partial charge in [0, 0.05) is 67.6 Å². The lowest BCUT2D eigenvalue weighted by Crippen LogP contribution is -2.33. The maximum Gasteiger partial charge on any atom is 0.344 e. The zero-order valence-electron chi connectivity index (χ0n) is 47.7. The fourth-order valence-electron chi connectivity index (χ4n) is 11.8. The fourth-order valence-corrected chi connectivity index (χ4v) is 20.5. The first-order valence-corrected chi connectivity index (χ1v) is 36.6. The summed E-state index contributed by atoms with van der Waals surface area (Å²) in [6.45, 7) is 6.84. The zero-order valence-corrected chi connectivity index (χ0v) is 61.4. The van der Waals surface area contributed by atoms with Crippen LogP contribution >= 0.6 is 146 Å². The summed E-state index contributed by atoms with van der Waals surface area (Å²) in [5.74, 6) is 2.76. The second-order valence-corrected chi connectivity index (χ2v) is 31.8. The number of hydrogen-bond acceptors (Lipinski definition) is 12. The summed E-state index contributed by atoms with van der Waals surface area (Å²) in [6, 6.07) is 33.0. The molecule has 3 saturated carbocycles. The normalized spacial score (nSPS) is 16.1. The Morgan fingerprint density at radius 3 is 1.21 bits per heavy atom. The Balaban J connectivity index is 0.901. The van der Waals surface area contributed by atoms with Crippen molar-refractivity contribution in [2.24, 2.45) is 5.41 Å². The van der Waals surface area contributed by atoms with Gasteiger partial charge >= 0.3 is 17.9 Å². The number of thiophene rings is 1. The van der Waals surface area contributed by atoms with Gasteiger partial charge in [0.15, 0.2) is 34.1 Å². The van der Waals surface area contributed by atoms with E-state index in [4.69, 9.17) is 42.6 Å². The van der Waals surface area contributed by atoms with Crippen LogP contribution in [0, 0.1) is 26.8 Å². The van der Waals surface area contributed by atoms with E-state index in [1.54, 1.807) is 0 Å². The van der Waals surface area contributed by atoms with Crippen molar-refractivity contribution < 1.29 is 57.0 Å². The van der Waals surface area contributed by atoms with Crippen LogP contribution < -0.4 is 28.4 Å². The van der Waals surface area contributed by atoms with Crippen molar-refractivity contribution in [2.75, 3.05) is 26.4 Å². The van der Waals surface area contributed by atoms with Gasteiger partial charge in [0.2, 0.25) is 0 Å². The summed E-state index contributed by atoms with van der Waals surface area (Å²) in [7, 11) is -0.518. The van der Waals surface area contributed by atoms with Gasteiger partial charge in [0.25, 0.3) is 0 Å².